The summed E-state index contributed by atoms with van der Waals surface area (Å²) >= 11 is 0. The van der Waals surface area contributed by atoms with E-state index >= 15 is 0 Å². The molecule has 0 bridgehead atoms. The Morgan fingerprint density at radius 2 is 1.83 bits per heavy atom. The summed E-state index contributed by atoms with van der Waals surface area (Å²) in [5, 5.41) is -0.129. The van der Waals surface area contributed by atoms with Crippen LogP contribution in [0.2, 0.25) is 0 Å². The Balaban J connectivity index is 1.69. The van der Waals surface area contributed by atoms with Crippen molar-refractivity contribution in [1.82, 2.24) is 9.97 Å². The van der Waals surface area contributed by atoms with Gasteiger partial charge in [-0.2, -0.15) is 13.2 Å². The Bertz CT molecular complexity index is 1330. The van der Waals surface area contributed by atoms with Crippen molar-refractivity contribution in [3.05, 3.63) is 65.9 Å². The molecule has 0 aliphatic carbocycles. The minimum absolute atomic E-state index is 0.0110. The normalized spacial score (nSPS) is 16.7. The molecule has 0 unspecified atom stereocenters. The highest BCUT2D eigenvalue weighted by molar-refractivity contribution is 7.90. The maximum Gasteiger partial charge on any atom is 0.418 e. The number of ether oxygens (including phenoxy) is 1. The summed E-state index contributed by atoms with van der Waals surface area (Å²) in [7, 11) is -3.97. The lowest BCUT2D eigenvalue weighted by Crippen LogP contribution is -2.35. The van der Waals surface area contributed by atoms with E-state index in [9.17, 15) is 21.6 Å². The molecule has 1 aliphatic rings. The van der Waals surface area contributed by atoms with Crippen molar-refractivity contribution < 1.29 is 26.3 Å². The van der Waals surface area contributed by atoms with Crippen LogP contribution in [0.15, 0.2) is 59.6 Å². The first-order valence-corrected chi connectivity index (χ1v) is 13.5. The van der Waals surface area contributed by atoms with Crippen LogP contribution in [0.1, 0.15) is 37.9 Å². The summed E-state index contributed by atoms with van der Waals surface area (Å²) in [6.07, 6.45) is -2.56. The van der Waals surface area contributed by atoms with Gasteiger partial charge in [0.15, 0.2) is 5.03 Å². The van der Waals surface area contributed by atoms with E-state index in [-0.39, 0.29) is 34.3 Å². The Kier molecular flexibility index (Phi) is 7.54. The highest BCUT2D eigenvalue weighted by Crippen LogP contribution is 2.39. The lowest BCUT2D eigenvalue weighted by molar-refractivity contribution is -0.137. The second-order valence-corrected chi connectivity index (χ2v) is 10.8. The van der Waals surface area contributed by atoms with Crippen molar-refractivity contribution in [1.29, 1.82) is 0 Å². The fourth-order valence-electron chi connectivity index (χ4n) is 4.38. The fraction of sp³-hybridized carbons (Fsp3) is 0.385. The number of piperidine rings is 1. The van der Waals surface area contributed by atoms with Gasteiger partial charge in [-0.1, -0.05) is 25.1 Å². The lowest BCUT2D eigenvalue weighted by atomic mass is 10.0. The Morgan fingerprint density at radius 3 is 2.56 bits per heavy atom. The third kappa shape index (κ3) is 5.80. The van der Waals surface area contributed by atoms with Crippen molar-refractivity contribution in [3.63, 3.8) is 0 Å². The molecule has 36 heavy (non-hydrogen) atoms. The largest absolute Gasteiger partial charge is 0.493 e. The average Bonchev–Trinajstić information content (AvgIpc) is 2.84. The van der Waals surface area contributed by atoms with Crippen LogP contribution < -0.4 is 9.64 Å². The van der Waals surface area contributed by atoms with Crippen molar-refractivity contribution >= 4 is 15.7 Å². The third-order valence-corrected chi connectivity index (χ3v) is 7.59. The number of sulfone groups is 1. The Hall–Kier alpha value is -3.14. The number of para-hydroxylation sites is 1. The number of benzene rings is 1. The molecule has 1 atom stereocenters. The summed E-state index contributed by atoms with van der Waals surface area (Å²) in [6, 6.07) is 13.1. The van der Waals surface area contributed by atoms with E-state index in [1.54, 1.807) is 37.3 Å². The first kappa shape index (κ1) is 25.9. The predicted molar refractivity (Wildman–Crippen MR) is 132 cm³/mol. The maximum absolute atomic E-state index is 13.8. The molecule has 1 fully saturated rings. The van der Waals surface area contributed by atoms with Gasteiger partial charge < -0.3 is 9.64 Å². The molecule has 0 radical (unpaired) electrons. The molecule has 3 heterocycles. The molecule has 1 aliphatic heterocycles. The predicted octanol–water partition coefficient (Wildman–Crippen LogP) is 5.77. The molecule has 0 saturated carbocycles. The van der Waals surface area contributed by atoms with Crippen LogP contribution in [0, 0.1) is 5.92 Å². The van der Waals surface area contributed by atoms with Crippen LogP contribution >= 0.6 is 0 Å². The highest BCUT2D eigenvalue weighted by Gasteiger charge is 2.36. The van der Waals surface area contributed by atoms with Gasteiger partial charge in [-0.15, -0.1) is 0 Å². The lowest BCUT2D eigenvalue weighted by Gasteiger charge is -2.32. The fourth-order valence-corrected chi connectivity index (χ4v) is 5.59. The van der Waals surface area contributed by atoms with E-state index in [4.69, 9.17) is 4.74 Å². The van der Waals surface area contributed by atoms with Crippen LogP contribution in [0.3, 0.4) is 0 Å². The van der Waals surface area contributed by atoms with Crippen molar-refractivity contribution in [2.75, 3.05) is 24.6 Å². The Morgan fingerprint density at radius 1 is 1.06 bits per heavy atom. The zero-order valence-corrected chi connectivity index (χ0v) is 20.9. The van der Waals surface area contributed by atoms with Crippen LogP contribution in [-0.2, 0) is 21.8 Å². The topological polar surface area (TPSA) is 72.4 Å². The number of alkyl halides is 3. The number of pyridine rings is 2. The zero-order valence-electron chi connectivity index (χ0n) is 20.1. The molecule has 1 aromatic carbocycles. The number of anilines is 1. The summed E-state index contributed by atoms with van der Waals surface area (Å²) < 4.78 is 73.4. The number of rotatable bonds is 7. The zero-order chi connectivity index (χ0) is 25.9. The summed E-state index contributed by atoms with van der Waals surface area (Å²) in [6.45, 7) is 5.71. The molecule has 4 rings (SSSR count). The van der Waals surface area contributed by atoms with Gasteiger partial charge in [-0.05, 0) is 62.1 Å². The van der Waals surface area contributed by atoms with Gasteiger partial charge in [0, 0.05) is 18.7 Å². The average molecular weight is 520 g/mol. The Labute approximate surface area is 209 Å². The molecule has 0 amide bonds. The number of aromatic nitrogens is 2. The van der Waals surface area contributed by atoms with E-state index in [0.717, 1.165) is 38.1 Å². The second kappa shape index (κ2) is 10.5. The molecular formula is C26H28F3N3O3S. The maximum atomic E-state index is 13.8. The van der Waals surface area contributed by atoms with Crippen LogP contribution in [-0.4, -0.2) is 38.1 Å². The van der Waals surface area contributed by atoms with Crippen LogP contribution in [0.4, 0.5) is 19.0 Å². The van der Waals surface area contributed by atoms with Gasteiger partial charge in [-0.25, -0.2) is 13.4 Å². The summed E-state index contributed by atoms with van der Waals surface area (Å²) in [5.74, 6) is 0.717. The molecule has 0 N–H and O–H groups in total. The van der Waals surface area contributed by atoms with Crippen LogP contribution in [0.25, 0.3) is 11.3 Å². The van der Waals surface area contributed by atoms with E-state index in [1.807, 2.05) is 0 Å². The van der Waals surface area contributed by atoms with Gasteiger partial charge in [0.2, 0.25) is 9.84 Å². The number of hydrogen-bond acceptors (Lipinski definition) is 6. The van der Waals surface area contributed by atoms with E-state index in [2.05, 4.69) is 21.8 Å². The molecule has 10 heteroatoms. The SMILES string of the molecule is CCOc1ccccc1-c1nc(CS(=O)(=O)c2cccc(N3CCC[C@H](C)C3)n2)ccc1C(F)(F)F. The molecule has 1 saturated heterocycles. The molecule has 6 nitrogen and oxygen atoms in total. The first-order chi connectivity index (χ1) is 17.1. The second-order valence-electron chi connectivity index (χ2n) is 8.91. The highest BCUT2D eigenvalue weighted by atomic mass is 32.2. The van der Waals surface area contributed by atoms with Gasteiger partial charge in [0.25, 0.3) is 0 Å². The van der Waals surface area contributed by atoms with Crippen molar-refractivity contribution in [2.45, 2.75) is 43.6 Å². The van der Waals surface area contributed by atoms with Crippen molar-refractivity contribution in [3.8, 4) is 17.0 Å². The van der Waals surface area contributed by atoms with E-state index < -0.39 is 27.3 Å². The minimum Gasteiger partial charge on any atom is -0.493 e. The summed E-state index contributed by atoms with van der Waals surface area (Å²) in [5.41, 5.74) is -1.20. The van der Waals surface area contributed by atoms with Crippen LogP contribution in [0.5, 0.6) is 5.75 Å². The quantitative estimate of drug-likeness (QED) is 0.395. The first-order valence-electron chi connectivity index (χ1n) is 11.8. The monoisotopic (exact) mass is 519 g/mol. The number of hydrogen-bond donors (Lipinski definition) is 0. The van der Waals surface area contributed by atoms with Gasteiger partial charge >= 0.3 is 6.18 Å². The number of halogens is 3. The molecule has 192 valence electrons. The third-order valence-electron chi connectivity index (χ3n) is 6.05. The van der Waals surface area contributed by atoms with Gasteiger partial charge in [0.05, 0.1) is 29.3 Å². The smallest absolute Gasteiger partial charge is 0.418 e. The van der Waals surface area contributed by atoms with E-state index in [0.29, 0.717) is 11.7 Å². The number of nitrogens with zero attached hydrogens (tertiary/aromatic N) is 3. The van der Waals surface area contributed by atoms with Gasteiger partial charge in [-0.3, -0.25) is 4.98 Å². The molecule has 2 aromatic heterocycles. The molecular weight excluding hydrogens is 491 g/mol. The minimum atomic E-state index is -4.68. The van der Waals surface area contributed by atoms with E-state index in [1.165, 1.54) is 12.1 Å². The molecule has 3 aromatic rings. The van der Waals surface area contributed by atoms with Gasteiger partial charge in [0.1, 0.15) is 11.6 Å². The molecule has 0 spiro atoms. The standard InChI is InChI=1S/C26H28F3N3O3S/c1-3-35-22-10-5-4-9-20(22)25-21(26(27,28)29)14-13-19(30-25)17-36(33,34)24-12-6-11-23(31-24)32-15-7-8-18(2)16-32/h4-6,9-14,18H,3,7-8,15-17H2,1-2H3/t18-/m0/s1. The summed E-state index contributed by atoms with van der Waals surface area (Å²) in [4.78, 5) is 10.6. The van der Waals surface area contributed by atoms with Crippen molar-refractivity contribution in [2.24, 2.45) is 5.92 Å².